The number of amides is 1. The summed E-state index contributed by atoms with van der Waals surface area (Å²) in [6, 6.07) is 22.4. The maximum absolute atomic E-state index is 12.9. The fourth-order valence-electron chi connectivity index (χ4n) is 3.24. The fourth-order valence-corrected chi connectivity index (χ4v) is 3.24. The second-order valence-electron chi connectivity index (χ2n) is 6.75. The summed E-state index contributed by atoms with van der Waals surface area (Å²) >= 11 is 0. The first-order chi connectivity index (χ1) is 14.5. The van der Waals surface area contributed by atoms with Gasteiger partial charge in [-0.25, -0.2) is 0 Å². The van der Waals surface area contributed by atoms with Gasteiger partial charge in [-0.2, -0.15) is 0 Å². The Balaban J connectivity index is 1.76. The number of aliphatic hydroxyl groups excluding tert-OH is 1. The van der Waals surface area contributed by atoms with Crippen molar-refractivity contribution in [3.63, 3.8) is 0 Å². The van der Waals surface area contributed by atoms with Crippen LogP contribution < -0.4 is 19.7 Å². The quantitative estimate of drug-likeness (QED) is 0.593. The summed E-state index contributed by atoms with van der Waals surface area (Å²) in [4.78, 5) is 14.9. The molecule has 6 nitrogen and oxygen atoms in total. The number of nitrogens with zero attached hydrogens (tertiary/aromatic N) is 1. The fraction of sp³-hybridized carbons (Fsp3) is 0.208. The lowest BCUT2D eigenvalue weighted by Crippen LogP contribution is -2.29. The van der Waals surface area contributed by atoms with Gasteiger partial charge in [0.1, 0.15) is 17.6 Å². The molecule has 156 valence electrons. The number of carbonyl (C=O) groups excluding carboxylic acids is 1. The summed E-state index contributed by atoms with van der Waals surface area (Å²) in [7, 11) is 5.00. The van der Waals surface area contributed by atoms with Crippen LogP contribution in [0.2, 0.25) is 0 Å². The third-order valence-corrected chi connectivity index (χ3v) is 4.91. The molecular weight excluding hydrogens is 380 g/mol. The van der Waals surface area contributed by atoms with Crippen molar-refractivity contribution in [2.24, 2.45) is 0 Å². The molecule has 0 radical (unpaired) electrons. The average Bonchev–Trinajstić information content (AvgIpc) is 2.81. The minimum absolute atomic E-state index is 0.0335. The van der Waals surface area contributed by atoms with E-state index in [0.717, 1.165) is 11.4 Å². The number of aliphatic hydroxyl groups is 1. The normalized spacial score (nSPS) is 11.5. The molecule has 0 aliphatic heterocycles. The molecule has 3 aromatic carbocycles. The Morgan fingerprint density at radius 1 is 1.00 bits per heavy atom. The molecule has 0 saturated heterocycles. The third kappa shape index (κ3) is 4.72. The van der Waals surface area contributed by atoms with Crippen molar-refractivity contribution in [1.29, 1.82) is 0 Å². The summed E-state index contributed by atoms with van der Waals surface area (Å²) in [5, 5.41) is 13.5. The Morgan fingerprint density at radius 3 is 2.40 bits per heavy atom. The molecule has 0 saturated carbocycles. The molecule has 1 unspecified atom stereocenters. The lowest BCUT2D eigenvalue weighted by atomic mass is 10.1. The second kappa shape index (κ2) is 9.80. The summed E-state index contributed by atoms with van der Waals surface area (Å²) in [6.07, 6.45) is -0.946. The first-order valence-electron chi connectivity index (χ1n) is 9.61. The standard InChI is InChI=1S/C24H26N2O4/c1-26(17-9-5-4-6-10-17)21-12-8-7-11-19(21)24(28)25-16-22(27)20-15-18(29-2)13-14-23(20)30-3/h4-15,22,27H,16H2,1-3H3,(H,25,28). The first kappa shape index (κ1) is 21.2. The van der Waals surface area contributed by atoms with Crippen LogP contribution in [-0.4, -0.2) is 38.8 Å². The molecule has 0 fully saturated rings. The zero-order valence-electron chi connectivity index (χ0n) is 17.3. The van der Waals surface area contributed by atoms with Crippen molar-refractivity contribution in [2.75, 3.05) is 32.7 Å². The minimum Gasteiger partial charge on any atom is -0.497 e. The number of nitrogens with one attached hydrogen (secondary N) is 1. The van der Waals surface area contributed by atoms with E-state index >= 15 is 0 Å². The maximum atomic E-state index is 12.9. The zero-order chi connectivity index (χ0) is 21.5. The predicted octanol–water partition coefficient (Wildman–Crippen LogP) is 3.94. The Labute approximate surface area is 176 Å². The molecule has 0 bridgehead atoms. The number of methoxy groups -OCH3 is 2. The van der Waals surface area contributed by atoms with Gasteiger partial charge in [0.05, 0.1) is 25.5 Å². The second-order valence-corrected chi connectivity index (χ2v) is 6.75. The number of ether oxygens (including phenoxy) is 2. The maximum Gasteiger partial charge on any atom is 0.253 e. The number of para-hydroxylation sites is 2. The highest BCUT2D eigenvalue weighted by Crippen LogP contribution is 2.30. The van der Waals surface area contributed by atoms with Gasteiger partial charge < -0.3 is 24.8 Å². The topological polar surface area (TPSA) is 71.0 Å². The van der Waals surface area contributed by atoms with E-state index in [1.807, 2.05) is 60.5 Å². The van der Waals surface area contributed by atoms with Crippen LogP contribution in [0.4, 0.5) is 11.4 Å². The number of benzene rings is 3. The number of rotatable bonds is 8. The van der Waals surface area contributed by atoms with Crippen LogP contribution in [0, 0.1) is 0 Å². The molecule has 1 amide bonds. The van der Waals surface area contributed by atoms with Crippen molar-refractivity contribution in [1.82, 2.24) is 5.32 Å². The van der Waals surface area contributed by atoms with Gasteiger partial charge >= 0.3 is 0 Å². The SMILES string of the molecule is COc1ccc(OC)c(C(O)CNC(=O)c2ccccc2N(C)c2ccccc2)c1. The van der Waals surface area contributed by atoms with Crippen LogP contribution in [0.1, 0.15) is 22.0 Å². The van der Waals surface area contributed by atoms with Gasteiger partial charge in [0.25, 0.3) is 5.91 Å². The third-order valence-electron chi connectivity index (χ3n) is 4.91. The highest BCUT2D eigenvalue weighted by Gasteiger charge is 2.19. The molecule has 0 spiro atoms. The molecule has 2 N–H and O–H groups in total. The van der Waals surface area contributed by atoms with E-state index in [9.17, 15) is 9.90 Å². The molecule has 0 aliphatic rings. The van der Waals surface area contributed by atoms with E-state index in [1.165, 1.54) is 7.11 Å². The largest absolute Gasteiger partial charge is 0.497 e. The molecule has 0 aliphatic carbocycles. The minimum atomic E-state index is -0.946. The van der Waals surface area contributed by atoms with Crippen LogP contribution in [0.25, 0.3) is 0 Å². The van der Waals surface area contributed by atoms with Gasteiger partial charge in [0, 0.05) is 24.8 Å². The van der Waals surface area contributed by atoms with Gasteiger partial charge in [-0.1, -0.05) is 30.3 Å². The molecule has 3 aromatic rings. The Morgan fingerprint density at radius 2 is 1.70 bits per heavy atom. The van der Waals surface area contributed by atoms with Crippen molar-refractivity contribution < 1.29 is 19.4 Å². The number of hydrogen-bond acceptors (Lipinski definition) is 5. The van der Waals surface area contributed by atoms with E-state index in [1.54, 1.807) is 31.4 Å². The van der Waals surface area contributed by atoms with E-state index in [4.69, 9.17) is 9.47 Å². The molecule has 30 heavy (non-hydrogen) atoms. The van der Waals surface area contributed by atoms with Crippen LogP contribution in [-0.2, 0) is 0 Å². The molecule has 6 heteroatoms. The lowest BCUT2D eigenvalue weighted by molar-refractivity contribution is 0.0915. The van der Waals surface area contributed by atoms with Crippen LogP contribution in [0.3, 0.4) is 0 Å². The van der Waals surface area contributed by atoms with Gasteiger partial charge in [-0.3, -0.25) is 4.79 Å². The number of carbonyl (C=O) groups is 1. The van der Waals surface area contributed by atoms with Gasteiger partial charge in [0.15, 0.2) is 0 Å². The van der Waals surface area contributed by atoms with E-state index in [-0.39, 0.29) is 12.5 Å². The molecular formula is C24H26N2O4. The number of anilines is 2. The van der Waals surface area contributed by atoms with Gasteiger partial charge in [0.2, 0.25) is 0 Å². The predicted molar refractivity (Wildman–Crippen MR) is 118 cm³/mol. The van der Waals surface area contributed by atoms with Crippen molar-refractivity contribution in [3.05, 3.63) is 83.9 Å². The monoisotopic (exact) mass is 406 g/mol. The highest BCUT2D eigenvalue weighted by atomic mass is 16.5. The molecule has 0 heterocycles. The Kier molecular flexibility index (Phi) is 6.93. The average molecular weight is 406 g/mol. The smallest absolute Gasteiger partial charge is 0.253 e. The van der Waals surface area contributed by atoms with E-state index in [2.05, 4.69) is 5.32 Å². The summed E-state index contributed by atoms with van der Waals surface area (Å²) < 4.78 is 10.5. The van der Waals surface area contributed by atoms with Crippen LogP contribution in [0.15, 0.2) is 72.8 Å². The molecule has 1 atom stereocenters. The summed E-state index contributed by atoms with van der Waals surface area (Å²) in [5.74, 6) is 0.863. The summed E-state index contributed by atoms with van der Waals surface area (Å²) in [6.45, 7) is 0.0335. The zero-order valence-corrected chi connectivity index (χ0v) is 17.3. The van der Waals surface area contributed by atoms with Gasteiger partial charge in [-0.05, 0) is 42.5 Å². The lowest BCUT2D eigenvalue weighted by Gasteiger charge is -2.22. The van der Waals surface area contributed by atoms with Crippen LogP contribution >= 0.6 is 0 Å². The van der Waals surface area contributed by atoms with E-state index in [0.29, 0.717) is 22.6 Å². The Hall–Kier alpha value is -3.51. The van der Waals surface area contributed by atoms with Gasteiger partial charge in [-0.15, -0.1) is 0 Å². The Bertz CT molecular complexity index is 992. The van der Waals surface area contributed by atoms with Crippen LogP contribution in [0.5, 0.6) is 11.5 Å². The van der Waals surface area contributed by atoms with Crippen molar-refractivity contribution in [2.45, 2.75) is 6.10 Å². The first-order valence-corrected chi connectivity index (χ1v) is 9.61. The molecule has 3 rings (SSSR count). The highest BCUT2D eigenvalue weighted by molar-refractivity contribution is 6.00. The van der Waals surface area contributed by atoms with E-state index < -0.39 is 6.10 Å². The summed E-state index contributed by atoms with van der Waals surface area (Å²) in [5.41, 5.74) is 2.81. The molecule has 0 aromatic heterocycles. The van der Waals surface area contributed by atoms with Crippen molar-refractivity contribution >= 4 is 17.3 Å². The van der Waals surface area contributed by atoms with Crippen molar-refractivity contribution in [3.8, 4) is 11.5 Å². The number of hydrogen-bond donors (Lipinski definition) is 2.